The highest BCUT2D eigenvalue weighted by Crippen LogP contribution is 2.48. The Balaban J connectivity index is 1.48. The molecule has 6 rings (SSSR count). The van der Waals surface area contributed by atoms with Crippen LogP contribution in [0, 0.1) is 12.7 Å². The summed E-state index contributed by atoms with van der Waals surface area (Å²) >= 11 is 0. The summed E-state index contributed by atoms with van der Waals surface area (Å²) in [6.45, 7) is 1.37. The first-order valence-electron chi connectivity index (χ1n) is 14.7. The van der Waals surface area contributed by atoms with Gasteiger partial charge < -0.3 is 30.2 Å². The van der Waals surface area contributed by atoms with Crippen molar-refractivity contribution in [2.45, 2.75) is 76.5 Å². The van der Waals surface area contributed by atoms with E-state index in [0.717, 1.165) is 0 Å². The predicted molar refractivity (Wildman–Crippen MR) is 153 cm³/mol. The van der Waals surface area contributed by atoms with Crippen molar-refractivity contribution in [3.63, 3.8) is 0 Å². The van der Waals surface area contributed by atoms with Gasteiger partial charge in [0.2, 0.25) is 12.0 Å². The Labute approximate surface area is 258 Å². The van der Waals surface area contributed by atoms with Crippen LogP contribution in [0.2, 0.25) is 0 Å². The second-order valence-electron chi connectivity index (χ2n) is 11.8. The van der Waals surface area contributed by atoms with Crippen molar-refractivity contribution in [1.29, 1.82) is 0 Å². The number of pyridine rings is 2. The summed E-state index contributed by atoms with van der Waals surface area (Å²) in [6, 6.07) is 2.69. The Bertz CT molecular complexity index is 1890. The van der Waals surface area contributed by atoms with Crippen LogP contribution in [0.4, 0.5) is 17.6 Å². The lowest BCUT2D eigenvalue weighted by atomic mass is 9.76. The van der Waals surface area contributed by atoms with Crippen molar-refractivity contribution >= 4 is 28.6 Å². The number of nitrogens with zero attached hydrogens (tertiary/aromatic N) is 2. The van der Waals surface area contributed by atoms with Crippen LogP contribution in [0.25, 0.3) is 22.3 Å². The molecule has 0 fully saturated rings. The Morgan fingerprint density at radius 3 is 2.67 bits per heavy atom. The van der Waals surface area contributed by atoms with E-state index in [-0.39, 0.29) is 60.4 Å². The topological polar surface area (TPSA) is 163 Å². The van der Waals surface area contributed by atoms with Crippen LogP contribution in [-0.4, -0.2) is 57.9 Å². The number of hydrogen-bond donors (Lipinski definition) is 3. The number of carbonyl (C=O) groups is 3. The molecule has 0 spiro atoms. The van der Waals surface area contributed by atoms with Crippen LogP contribution in [0.5, 0.6) is 0 Å². The quantitative estimate of drug-likeness (QED) is 0.148. The number of cyclic esters (lactones) is 1. The molecule has 1 unspecified atom stereocenters. The number of ether oxygens (including phenoxy) is 2. The molecule has 15 heteroatoms. The number of nitrogens with two attached hydrogens (primary N) is 1. The fraction of sp³-hybridized carbons (Fsp3) is 0.452. The van der Waals surface area contributed by atoms with Gasteiger partial charge in [0.25, 0.3) is 5.56 Å². The number of aryl methyl sites for hydroxylation is 1. The van der Waals surface area contributed by atoms with Gasteiger partial charge in [-0.05, 0) is 54.9 Å². The van der Waals surface area contributed by atoms with Gasteiger partial charge in [-0.25, -0.2) is 14.2 Å². The minimum absolute atomic E-state index is 0.0571. The number of amides is 1. The van der Waals surface area contributed by atoms with Gasteiger partial charge in [-0.3, -0.25) is 14.4 Å². The number of rotatable bonds is 8. The van der Waals surface area contributed by atoms with Crippen LogP contribution in [-0.2, 0) is 49.0 Å². The maximum atomic E-state index is 15.1. The van der Waals surface area contributed by atoms with E-state index in [0.29, 0.717) is 27.6 Å². The molecular weight excluding hydrogens is 616 g/mol. The molecule has 4 heterocycles. The number of esters is 1. The monoisotopic (exact) mass is 646 g/mol. The van der Waals surface area contributed by atoms with Crippen molar-refractivity contribution in [2.75, 3.05) is 13.3 Å². The van der Waals surface area contributed by atoms with E-state index in [2.05, 4.69) is 5.32 Å². The minimum Gasteiger partial charge on any atom is -0.458 e. The molecule has 1 aromatic carbocycles. The van der Waals surface area contributed by atoms with E-state index in [9.17, 15) is 37.5 Å². The highest BCUT2D eigenvalue weighted by atomic mass is 19.4. The molecule has 3 aromatic rings. The van der Waals surface area contributed by atoms with Gasteiger partial charge in [-0.2, -0.15) is 13.2 Å². The van der Waals surface area contributed by atoms with Crippen LogP contribution < -0.4 is 16.6 Å². The van der Waals surface area contributed by atoms with Crippen molar-refractivity contribution in [1.82, 2.24) is 14.9 Å². The van der Waals surface area contributed by atoms with Crippen molar-refractivity contribution in [2.24, 2.45) is 5.73 Å². The van der Waals surface area contributed by atoms with Crippen LogP contribution in [0.15, 0.2) is 16.9 Å². The lowest BCUT2D eigenvalue weighted by Gasteiger charge is -2.31. The predicted octanol–water partition coefficient (Wildman–Crippen LogP) is 2.50. The number of benzene rings is 1. The molecule has 0 saturated heterocycles. The third-order valence-electron chi connectivity index (χ3n) is 9.24. The standard InChI is InChI=1S/C31H30F4N4O7/c1-3-30(44)18-7-21-26-16(10-39(21)28(42)17(18)11-45-29(30)43)24-14(4-5-15-13(2)19(32)8-20(38-26)25(15)24)6-22(40)27(31(33,34)35)46-12-37-23(41)9-36/h7-8,14,27,44H,3-6,9-12,36H2,1-2H3,(H,37,41)/t14-,27?,30+/m1/s1. The molecule has 11 nitrogen and oxygen atoms in total. The number of nitrogens with one attached hydrogen (secondary N) is 1. The van der Waals surface area contributed by atoms with E-state index in [4.69, 9.17) is 20.2 Å². The van der Waals surface area contributed by atoms with E-state index in [1.54, 1.807) is 13.8 Å². The van der Waals surface area contributed by atoms with Crippen molar-refractivity contribution < 1.29 is 46.5 Å². The highest BCUT2D eigenvalue weighted by Gasteiger charge is 2.48. The molecule has 1 aliphatic carbocycles. The average Bonchev–Trinajstić information content (AvgIpc) is 3.38. The Hall–Kier alpha value is -4.21. The summed E-state index contributed by atoms with van der Waals surface area (Å²) in [5.41, 5.74) is 5.27. The molecule has 3 atom stereocenters. The van der Waals surface area contributed by atoms with E-state index in [1.807, 2.05) is 0 Å². The van der Waals surface area contributed by atoms with Gasteiger partial charge in [-0.1, -0.05) is 6.92 Å². The van der Waals surface area contributed by atoms with E-state index in [1.165, 1.54) is 16.7 Å². The zero-order valence-corrected chi connectivity index (χ0v) is 24.8. The van der Waals surface area contributed by atoms with Gasteiger partial charge in [-0.15, -0.1) is 0 Å². The van der Waals surface area contributed by atoms with Crippen LogP contribution >= 0.6 is 0 Å². The first-order valence-corrected chi connectivity index (χ1v) is 14.7. The molecule has 4 N–H and O–H groups in total. The lowest BCUT2D eigenvalue weighted by Crippen LogP contribution is -2.44. The summed E-state index contributed by atoms with van der Waals surface area (Å²) in [4.78, 5) is 55.6. The first kappa shape index (κ1) is 31.8. The maximum Gasteiger partial charge on any atom is 0.421 e. The first-order chi connectivity index (χ1) is 21.7. The van der Waals surface area contributed by atoms with Crippen LogP contribution in [0.3, 0.4) is 0 Å². The smallest absolute Gasteiger partial charge is 0.421 e. The summed E-state index contributed by atoms with van der Waals surface area (Å²) < 4.78 is 68.3. The lowest BCUT2D eigenvalue weighted by molar-refractivity contribution is -0.219. The molecule has 46 heavy (non-hydrogen) atoms. The number of Topliss-reactive ketones (excluding diaryl/α,β-unsaturated/α-hetero) is 1. The van der Waals surface area contributed by atoms with E-state index < -0.39 is 72.5 Å². The molecule has 0 radical (unpaired) electrons. The number of carbonyl (C=O) groups excluding carboxylic acids is 3. The number of ketones is 1. The number of aliphatic hydroxyl groups is 1. The Morgan fingerprint density at radius 1 is 1.26 bits per heavy atom. The maximum absolute atomic E-state index is 15.1. The average molecular weight is 647 g/mol. The Morgan fingerprint density at radius 2 is 2.00 bits per heavy atom. The van der Waals surface area contributed by atoms with Gasteiger partial charge in [0.15, 0.2) is 11.4 Å². The van der Waals surface area contributed by atoms with Gasteiger partial charge in [0, 0.05) is 29.0 Å². The molecule has 2 aromatic heterocycles. The second-order valence-corrected chi connectivity index (χ2v) is 11.8. The molecular formula is C31H30F4N4O7. The fourth-order valence-corrected chi connectivity index (χ4v) is 6.85. The number of halogens is 4. The van der Waals surface area contributed by atoms with Crippen molar-refractivity contribution in [3.05, 3.63) is 61.7 Å². The second kappa shape index (κ2) is 11.2. The molecule has 0 bridgehead atoms. The highest BCUT2D eigenvalue weighted by molar-refractivity contribution is 5.94. The zero-order chi connectivity index (χ0) is 33.3. The minimum atomic E-state index is -5.08. The van der Waals surface area contributed by atoms with Crippen LogP contribution in [0.1, 0.15) is 65.5 Å². The number of fused-ring (bicyclic) bond motifs is 5. The molecule has 1 amide bonds. The largest absolute Gasteiger partial charge is 0.458 e. The van der Waals surface area contributed by atoms with Gasteiger partial charge in [0.1, 0.15) is 19.2 Å². The summed E-state index contributed by atoms with van der Waals surface area (Å²) in [5.74, 6) is -4.26. The normalized spacial score (nSPS) is 20.5. The third kappa shape index (κ3) is 4.88. The third-order valence-corrected chi connectivity index (χ3v) is 9.24. The van der Waals surface area contributed by atoms with E-state index >= 15 is 4.39 Å². The zero-order valence-electron chi connectivity index (χ0n) is 24.8. The number of hydrogen-bond acceptors (Lipinski definition) is 9. The molecule has 0 saturated carbocycles. The number of alkyl halides is 3. The summed E-state index contributed by atoms with van der Waals surface area (Å²) in [6.07, 6.45) is -8.13. The number of aromatic nitrogens is 2. The molecule has 2 aliphatic heterocycles. The summed E-state index contributed by atoms with van der Waals surface area (Å²) in [5, 5.41) is 13.8. The Kier molecular flexibility index (Phi) is 7.76. The fourth-order valence-electron chi connectivity index (χ4n) is 6.85. The van der Waals surface area contributed by atoms with Gasteiger partial charge in [0.05, 0.1) is 35.6 Å². The molecule has 244 valence electrons. The molecule has 3 aliphatic rings. The van der Waals surface area contributed by atoms with Gasteiger partial charge >= 0.3 is 12.1 Å². The van der Waals surface area contributed by atoms with Crippen molar-refractivity contribution in [3.8, 4) is 11.4 Å². The SMILES string of the molecule is CC[C@@]1(O)C(=O)OCc2c1cc1n(c2=O)Cc2c-1nc1cc(F)c(C)c3c1c2[C@@H](CC(=O)C(OCNC(=O)CN)C(F)(F)F)CC3. The summed E-state index contributed by atoms with van der Waals surface area (Å²) in [7, 11) is 0.